The Morgan fingerprint density at radius 3 is 2.33 bits per heavy atom. The number of epoxide rings is 1. The van der Waals surface area contributed by atoms with Crippen molar-refractivity contribution in [3.05, 3.63) is 29.8 Å². The Morgan fingerprint density at radius 1 is 1.07 bits per heavy atom. The molecule has 0 aromatic heterocycles. The lowest BCUT2D eigenvalue weighted by Gasteiger charge is -2.26. The predicted octanol–water partition coefficient (Wildman–Crippen LogP) is 2.90. The van der Waals surface area contributed by atoms with Crippen LogP contribution in [0.4, 0.5) is 0 Å². The van der Waals surface area contributed by atoms with E-state index in [0.717, 1.165) is 31.2 Å². The summed E-state index contributed by atoms with van der Waals surface area (Å²) in [5.41, 5.74) is 0.00585. The first kappa shape index (κ1) is 30.2. The van der Waals surface area contributed by atoms with E-state index in [2.05, 4.69) is 10.6 Å². The van der Waals surface area contributed by atoms with Crippen LogP contribution >= 0.6 is 0 Å². The summed E-state index contributed by atoms with van der Waals surface area (Å²) in [6.07, 6.45) is 6.23. The molecule has 4 rings (SSSR count). The number of rotatable bonds is 14. The van der Waals surface area contributed by atoms with Crippen LogP contribution in [0.25, 0.3) is 0 Å². The third-order valence-electron chi connectivity index (χ3n) is 8.85. The average Bonchev–Trinajstić information content (AvgIpc) is 3.28. The molecular formula is C31H44N2O7. The quantitative estimate of drug-likeness (QED) is 0.300. The van der Waals surface area contributed by atoms with E-state index in [4.69, 9.17) is 9.47 Å². The van der Waals surface area contributed by atoms with Gasteiger partial charge in [-0.15, -0.1) is 0 Å². The number of Topliss-reactive ketones (excluding diaryl/α,β-unsaturated/α-hetero) is 2. The molecule has 220 valence electrons. The lowest BCUT2D eigenvalue weighted by molar-refractivity contribution is -0.135. The minimum absolute atomic E-state index is 0.0787. The van der Waals surface area contributed by atoms with Gasteiger partial charge < -0.3 is 25.2 Å². The third kappa shape index (κ3) is 7.91. The number of hydrogen-bond acceptors (Lipinski definition) is 7. The van der Waals surface area contributed by atoms with Crippen LogP contribution in [0.5, 0.6) is 5.75 Å². The molecule has 0 spiro atoms. The number of nitrogens with one attached hydrogen (secondary N) is 2. The van der Waals surface area contributed by atoms with Gasteiger partial charge in [-0.3, -0.25) is 19.2 Å². The van der Waals surface area contributed by atoms with Crippen molar-refractivity contribution in [2.75, 3.05) is 13.7 Å². The van der Waals surface area contributed by atoms with Crippen LogP contribution in [0.1, 0.15) is 77.2 Å². The molecule has 40 heavy (non-hydrogen) atoms. The minimum atomic E-state index is -0.857. The molecule has 2 aliphatic carbocycles. The SMILES string of the molecule is COc1ccc(C[C@H](CC(=O)[C@@H](C)NC(=O)C2CC[C@H](O)C2)C(=O)N[C@@H](CC2CCCC2)C(=O)[C@@]2(C)CO2)cc1. The van der Waals surface area contributed by atoms with Gasteiger partial charge in [-0.2, -0.15) is 0 Å². The van der Waals surface area contributed by atoms with E-state index in [-0.39, 0.29) is 35.7 Å². The fourth-order valence-corrected chi connectivity index (χ4v) is 6.05. The monoisotopic (exact) mass is 556 g/mol. The van der Waals surface area contributed by atoms with Crippen molar-refractivity contribution in [1.29, 1.82) is 0 Å². The Kier molecular flexibility index (Phi) is 10.0. The molecular weight excluding hydrogens is 512 g/mol. The number of carbonyl (C=O) groups excluding carboxylic acids is 4. The molecule has 1 unspecified atom stereocenters. The molecule has 0 bridgehead atoms. The summed E-state index contributed by atoms with van der Waals surface area (Å²) < 4.78 is 10.7. The first-order valence-electron chi connectivity index (χ1n) is 14.7. The zero-order valence-electron chi connectivity index (χ0n) is 23.9. The van der Waals surface area contributed by atoms with Crippen LogP contribution < -0.4 is 15.4 Å². The van der Waals surface area contributed by atoms with Crippen molar-refractivity contribution in [2.45, 2.75) is 102 Å². The molecule has 9 nitrogen and oxygen atoms in total. The number of amides is 2. The molecule has 1 aliphatic heterocycles. The topological polar surface area (TPSA) is 134 Å². The van der Waals surface area contributed by atoms with Gasteiger partial charge in [-0.25, -0.2) is 0 Å². The number of aliphatic hydroxyl groups is 1. The molecule has 1 heterocycles. The Bertz CT molecular complexity index is 1060. The molecule has 0 radical (unpaired) electrons. The highest BCUT2D eigenvalue weighted by atomic mass is 16.6. The first-order chi connectivity index (χ1) is 19.1. The van der Waals surface area contributed by atoms with E-state index in [1.54, 1.807) is 21.0 Å². The van der Waals surface area contributed by atoms with Crippen LogP contribution in [0, 0.1) is 17.8 Å². The van der Waals surface area contributed by atoms with Crippen LogP contribution in [-0.4, -0.2) is 66.0 Å². The largest absolute Gasteiger partial charge is 0.497 e. The van der Waals surface area contributed by atoms with Gasteiger partial charge in [0.15, 0.2) is 11.6 Å². The van der Waals surface area contributed by atoms with Crippen LogP contribution in [0.2, 0.25) is 0 Å². The van der Waals surface area contributed by atoms with E-state index in [9.17, 15) is 24.3 Å². The van der Waals surface area contributed by atoms with E-state index in [1.807, 2.05) is 24.3 Å². The predicted molar refractivity (Wildman–Crippen MR) is 149 cm³/mol. The summed E-state index contributed by atoms with van der Waals surface area (Å²) in [6, 6.07) is 5.90. The lowest BCUT2D eigenvalue weighted by atomic mass is 9.88. The summed E-state index contributed by atoms with van der Waals surface area (Å²) in [6.45, 7) is 3.74. The maximum Gasteiger partial charge on any atom is 0.224 e. The Morgan fingerprint density at radius 2 is 1.75 bits per heavy atom. The standard InChI is InChI=1S/C31H44N2O7/c1-19(32-29(37)22-10-11-24(34)16-22)27(35)17-23(14-21-8-12-25(39-3)13-9-21)30(38)33-26(15-20-6-4-5-7-20)28(36)31(2)18-40-31/h8-9,12-13,19-20,22-24,26,34H,4-7,10-11,14-18H2,1-3H3,(H,32,37)(H,33,38)/t19-,22?,23-,24+,26+,31-/m1/s1. The van der Waals surface area contributed by atoms with Gasteiger partial charge in [0.2, 0.25) is 11.8 Å². The fourth-order valence-electron chi connectivity index (χ4n) is 6.05. The Hall–Kier alpha value is -2.78. The average molecular weight is 557 g/mol. The number of benzene rings is 1. The number of aliphatic hydroxyl groups excluding tert-OH is 1. The summed E-state index contributed by atoms with van der Waals surface area (Å²) in [5.74, 6) is -0.914. The van der Waals surface area contributed by atoms with Gasteiger partial charge in [-0.05, 0) is 69.6 Å². The third-order valence-corrected chi connectivity index (χ3v) is 8.85. The highest BCUT2D eigenvalue weighted by molar-refractivity contribution is 5.98. The molecule has 6 atom stereocenters. The van der Waals surface area contributed by atoms with Crippen molar-refractivity contribution in [3.8, 4) is 5.75 Å². The zero-order chi connectivity index (χ0) is 28.9. The summed E-state index contributed by atoms with van der Waals surface area (Å²) in [7, 11) is 1.58. The highest BCUT2D eigenvalue weighted by Crippen LogP contribution is 2.34. The molecule has 2 amide bonds. The van der Waals surface area contributed by atoms with Crippen molar-refractivity contribution < 1.29 is 33.8 Å². The summed E-state index contributed by atoms with van der Waals surface area (Å²) in [5, 5.41) is 15.6. The number of methoxy groups -OCH3 is 1. The second kappa shape index (κ2) is 13.3. The van der Waals surface area contributed by atoms with Gasteiger partial charge in [-0.1, -0.05) is 37.8 Å². The summed E-state index contributed by atoms with van der Waals surface area (Å²) >= 11 is 0. The molecule has 9 heteroatoms. The van der Waals surface area contributed by atoms with Gasteiger partial charge in [0.1, 0.15) is 11.4 Å². The molecule has 1 aromatic rings. The van der Waals surface area contributed by atoms with Crippen LogP contribution in [-0.2, 0) is 30.3 Å². The number of carbonyl (C=O) groups is 4. The molecule has 1 aromatic carbocycles. The second-order valence-corrected chi connectivity index (χ2v) is 12.1. The van der Waals surface area contributed by atoms with Crippen LogP contribution in [0.15, 0.2) is 24.3 Å². The van der Waals surface area contributed by atoms with Gasteiger partial charge >= 0.3 is 0 Å². The van der Waals surface area contributed by atoms with Crippen molar-refractivity contribution >= 4 is 23.4 Å². The van der Waals surface area contributed by atoms with Gasteiger partial charge in [0.25, 0.3) is 0 Å². The molecule has 2 saturated carbocycles. The van der Waals surface area contributed by atoms with E-state index < -0.39 is 29.7 Å². The van der Waals surface area contributed by atoms with Crippen molar-refractivity contribution in [3.63, 3.8) is 0 Å². The number of ketones is 2. The van der Waals surface area contributed by atoms with E-state index in [1.165, 1.54) is 0 Å². The van der Waals surface area contributed by atoms with Crippen molar-refractivity contribution in [2.24, 2.45) is 17.8 Å². The van der Waals surface area contributed by atoms with E-state index >= 15 is 0 Å². The molecule has 3 N–H and O–H groups in total. The van der Waals surface area contributed by atoms with Crippen molar-refractivity contribution in [1.82, 2.24) is 10.6 Å². The molecule has 3 fully saturated rings. The minimum Gasteiger partial charge on any atom is -0.497 e. The second-order valence-electron chi connectivity index (χ2n) is 12.1. The maximum atomic E-state index is 13.7. The van der Waals surface area contributed by atoms with E-state index in [0.29, 0.717) is 50.4 Å². The number of hydrogen-bond donors (Lipinski definition) is 3. The normalized spacial score (nSPS) is 26.5. The highest BCUT2D eigenvalue weighted by Gasteiger charge is 2.50. The first-order valence-corrected chi connectivity index (χ1v) is 14.7. The lowest BCUT2D eigenvalue weighted by Crippen LogP contribution is -2.50. The van der Waals surface area contributed by atoms with Crippen LogP contribution in [0.3, 0.4) is 0 Å². The Balaban J connectivity index is 1.46. The Labute approximate surface area is 236 Å². The molecule has 3 aliphatic rings. The molecule has 1 saturated heterocycles. The number of ether oxygens (including phenoxy) is 2. The fraction of sp³-hybridized carbons (Fsp3) is 0.677. The smallest absolute Gasteiger partial charge is 0.224 e. The van der Waals surface area contributed by atoms with Gasteiger partial charge in [0, 0.05) is 18.3 Å². The maximum absolute atomic E-state index is 13.7. The summed E-state index contributed by atoms with van der Waals surface area (Å²) in [4.78, 5) is 53.0. The van der Waals surface area contributed by atoms with Gasteiger partial charge in [0.05, 0.1) is 31.9 Å². The zero-order valence-corrected chi connectivity index (χ0v) is 23.9.